The summed E-state index contributed by atoms with van der Waals surface area (Å²) in [5, 5.41) is 11.0. The zero-order valence-corrected chi connectivity index (χ0v) is 16.5. The first-order valence-electron chi connectivity index (χ1n) is 9.61. The number of aliphatic imine (C=N–C) groups is 1. The Hall–Kier alpha value is -3.19. The molecule has 1 aromatic heterocycles. The number of halogens is 1. The van der Waals surface area contributed by atoms with E-state index in [2.05, 4.69) is 20.7 Å². The van der Waals surface area contributed by atoms with Gasteiger partial charge in [-0.05, 0) is 35.9 Å². The van der Waals surface area contributed by atoms with Crippen LogP contribution in [0.5, 0.6) is 0 Å². The first-order valence-corrected chi connectivity index (χ1v) is 9.61. The van der Waals surface area contributed by atoms with Crippen LogP contribution in [0.4, 0.5) is 4.39 Å². The van der Waals surface area contributed by atoms with Crippen LogP contribution in [0.15, 0.2) is 71.9 Å². The molecule has 0 bridgehead atoms. The van der Waals surface area contributed by atoms with E-state index in [1.165, 1.54) is 12.1 Å². The van der Waals surface area contributed by atoms with Crippen molar-refractivity contribution < 1.29 is 9.13 Å². The van der Waals surface area contributed by atoms with Gasteiger partial charge in [0, 0.05) is 32.8 Å². The van der Waals surface area contributed by atoms with E-state index in [-0.39, 0.29) is 5.82 Å². The number of nitrogens with zero attached hydrogens (tertiary/aromatic N) is 3. The van der Waals surface area contributed by atoms with Crippen LogP contribution in [0.3, 0.4) is 0 Å². The number of aromatic nitrogens is 2. The van der Waals surface area contributed by atoms with Crippen LogP contribution in [-0.4, -0.2) is 42.5 Å². The van der Waals surface area contributed by atoms with E-state index in [1.54, 1.807) is 23.9 Å². The number of ether oxygens (including phenoxy) is 1. The van der Waals surface area contributed by atoms with E-state index in [0.717, 1.165) is 29.3 Å². The van der Waals surface area contributed by atoms with Gasteiger partial charge in [0.1, 0.15) is 5.82 Å². The summed E-state index contributed by atoms with van der Waals surface area (Å²) in [6, 6.07) is 18.3. The molecular weight excluding hydrogens is 369 g/mol. The minimum Gasteiger partial charge on any atom is -0.375 e. The lowest BCUT2D eigenvalue weighted by atomic mass is 10.2. The average molecular weight is 395 g/mol. The summed E-state index contributed by atoms with van der Waals surface area (Å²) in [7, 11) is 1.74. The highest BCUT2D eigenvalue weighted by atomic mass is 19.1. The van der Waals surface area contributed by atoms with Crippen LogP contribution in [-0.2, 0) is 17.8 Å². The van der Waals surface area contributed by atoms with Gasteiger partial charge in [-0.15, -0.1) is 0 Å². The Kier molecular flexibility index (Phi) is 7.77. The van der Waals surface area contributed by atoms with Gasteiger partial charge >= 0.3 is 0 Å². The molecule has 0 saturated carbocycles. The number of hydrogen-bond donors (Lipinski definition) is 2. The van der Waals surface area contributed by atoms with Crippen molar-refractivity contribution >= 4 is 5.96 Å². The topological polar surface area (TPSA) is 63.5 Å². The molecule has 7 heteroatoms. The third kappa shape index (κ3) is 6.73. The summed E-state index contributed by atoms with van der Waals surface area (Å²) >= 11 is 0. The molecule has 3 aromatic rings. The monoisotopic (exact) mass is 395 g/mol. The molecule has 1 heterocycles. The van der Waals surface area contributed by atoms with Crippen LogP contribution in [0.25, 0.3) is 5.69 Å². The maximum Gasteiger partial charge on any atom is 0.191 e. The molecule has 0 aliphatic carbocycles. The van der Waals surface area contributed by atoms with Crippen LogP contribution >= 0.6 is 0 Å². The Morgan fingerprint density at radius 1 is 1.03 bits per heavy atom. The zero-order valence-electron chi connectivity index (χ0n) is 16.5. The number of rotatable bonds is 9. The Balaban J connectivity index is 1.34. The molecule has 0 saturated heterocycles. The van der Waals surface area contributed by atoms with Crippen LogP contribution in [0, 0.1) is 5.82 Å². The van der Waals surface area contributed by atoms with Gasteiger partial charge in [0.05, 0.1) is 24.6 Å². The van der Waals surface area contributed by atoms with Crippen molar-refractivity contribution in [3.63, 3.8) is 0 Å². The fourth-order valence-electron chi connectivity index (χ4n) is 2.77. The molecule has 0 atom stereocenters. The minimum atomic E-state index is -0.255. The quantitative estimate of drug-likeness (QED) is 0.332. The lowest BCUT2D eigenvalue weighted by Crippen LogP contribution is -2.39. The van der Waals surface area contributed by atoms with Gasteiger partial charge in [-0.3, -0.25) is 4.99 Å². The highest BCUT2D eigenvalue weighted by molar-refractivity contribution is 5.79. The first kappa shape index (κ1) is 20.5. The molecular formula is C22H26FN5O. The number of nitrogens with one attached hydrogen (secondary N) is 2. The lowest BCUT2D eigenvalue weighted by Gasteiger charge is -2.11. The minimum absolute atomic E-state index is 0.255. The van der Waals surface area contributed by atoms with Crippen molar-refractivity contribution in [2.24, 2.45) is 4.99 Å². The standard InChI is InChI=1S/C22H26FN5O/c1-24-22(26-14-16-29-17-18-5-3-2-4-6-18)25-13-11-20-12-15-28(27-20)21-9-7-19(23)8-10-21/h2-10,12,15H,11,13-14,16-17H2,1H3,(H2,24,25,26). The van der Waals surface area contributed by atoms with Crippen molar-refractivity contribution in [1.82, 2.24) is 20.4 Å². The SMILES string of the molecule is CN=C(NCCOCc1ccccc1)NCCc1ccn(-c2ccc(F)cc2)n1. The Bertz CT molecular complexity index is 893. The molecule has 3 rings (SSSR count). The predicted molar refractivity (Wildman–Crippen MR) is 113 cm³/mol. The fourth-order valence-corrected chi connectivity index (χ4v) is 2.77. The summed E-state index contributed by atoms with van der Waals surface area (Å²) in [6.07, 6.45) is 2.62. The fraction of sp³-hybridized carbons (Fsp3) is 0.273. The average Bonchev–Trinajstić information content (AvgIpc) is 3.22. The molecule has 0 fully saturated rings. The van der Waals surface area contributed by atoms with Gasteiger partial charge in [-0.25, -0.2) is 9.07 Å². The van der Waals surface area contributed by atoms with E-state index in [1.807, 2.05) is 42.6 Å². The van der Waals surface area contributed by atoms with Crippen LogP contribution in [0.2, 0.25) is 0 Å². The van der Waals surface area contributed by atoms with E-state index in [9.17, 15) is 4.39 Å². The maximum atomic E-state index is 13.0. The third-order valence-electron chi connectivity index (χ3n) is 4.28. The number of guanidine groups is 1. The Morgan fingerprint density at radius 3 is 2.55 bits per heavy atom. The summed E-state index contributed by atoms with van der Waals surface area (Å²) in [5.41, 5.74) is 2.94. The molecule has 0 unspecified atom stereocenters. The van der Waals surface area contributed by atoms with E-state index in [0.29, 0.717) is 26.3 Å². The van der Waals surface area contributed by atoms with Gasteiger partial charge in [-0.2, -0.15) is 5.10 Å². The first-order chi connectivity index (χ1) is 14.2. The van der Waals surface area contributed by atoms with Crippen molar-refractivity contribution in [3.8, 4) is 5.69 Å². The van der Waals surface area contributed by atoms with Gasteiger partial charge in [0.15, 0.2) is 5.96 Å². The smallest absolute Gasteiger partial charge is 0.191 e. The molecule has 6 nitrogen and oxygen atoms in total. The molecule has 0 aliphatic rings. The summed E-state index contributed by atoms with van der Waals surface area (Å²) < 4.78 is 20.4. The largest absolute Gasteiger partial charge is 0.375 e. The van der Waals surface area contributed by atoms with Gasteiger partial charge in [-0.1, -0.05) is 30.3 Å². The van der Waals surface area contributed by atoms with Gasteiger partial charge in [0.25, 0.3) is 0 Å². The second-order valence-corrected chi connectivity index (χ2v) is 6.44. The Morgan fingerprint density at radius 2 is 1.79 bits per heavy atom. The van der Waals surface area contributed by atoms with E-state index < -0.39 is 0 Å². The van der Waals surface area contributed by atoms with Crippen molar-refractivity contribution in [1.29, 1.82) is 0 Å². The third-order valence-corrected chi connectivity index (χ3v) is 4.28. The summed E-state index contributed by atoms with van der Waals surface area (Å²) in [4.78, 5) is 4.21. The highest BCUT2D eigenvalue weighted by Crippen LogP contribution is 2.09. The molecule has 152 valence electrons. The number of hydrogen-bond acceptors (Lipinski definition) is 3. The molecule has 0 spiro atoms. The normalized spacial score (nSPS) is 11.4. The summed E-state index contributed by atoms with van der Waals surface area (Å²) in [6.45, 7) is 2.57. The molecule has 0 amide bonds. The highest BCUT2D eigenvalue weighted by Gasteiger charge is 2.03. The van der Waals surface area contributed by atoms with Crippen molar-refractivity contribution in [2.45, 2.75) is 13.0 Å². The van der Waals surface area contributed by atoms with E-state index in [4.69, 9.17) is 4.74 Å². The van der Waals surface area contributed by atoms with Crippen LogP contribution in [0.1, 0.15) is 11.3 Å². The zero-order chi connectivity index (χ0) is 20.3. The Labute approximate surface area is 170 Å². The molecule has 0 aliphatic heterocycles. The second-order valence-electron chi connectivity index (χ2n) is 6.44. The molecule has 2 aromatic carbocycles. The second kappa shape index (κ2) is 11.0. The lowest BCUT2D eigenvalue weighted by molar-refractivity contribution is 0.125. The van der Waals surface area contributed by atoms with Crippen LogP contribution < -0.4 is 10.6 Å². The number of benzene rings is 2. The molecule has 29 heavy (non-hydrogen) atoms. The van der Waals surface area contributed by atoms with Gasteiger partial charge in [0.2, 0.25) is 0 Å². The summed E-state index contributed by atoms with van der Waals surface area (Å²) in [5.74, 6) is 0.473. The maximum absolute atomic E-state index is 13.0. The molecule has 0 radical (unpaired) electrons. The van der Waals surface area contributed by atoms with Crippen molar-refractivity contribution in [2.75, 3.05) is 26.7 Å². The van der Waals surface area contributed by atoms with Gasteiger partial charge < -0.3 is 15.4 Å². The van der Waals surface area contributed by atoms with E-state index >= 15 is 0 Å². The molecule has 2 N–H and O–H groups in total. The van der Waals surface area contributed by atoms with Crippen molar-refractivity contribution in [3.05, 3.63) is 83.9 Å². The predicted octanol–water partition coefficient (Wildman–Crippen LogP) is 2.94.